The lowest BCUT2D eigenvalue weighted by Crippen LogP contribution is -2.64. The van der Waals surface area contributed by atoms with Crippen LogP contribution in [0.4, 0.5) is 20.4 Å². The second kappa shape index (κ2) is 30.9. The van der Waals surface area contributed by atoms with Crippen LogP contribution in [0.2, 0.25) is 0 Å². The van der Waals surface area contributed by atoms with Crippen LogP contribution in [-0.2, 0) is 51.4 Å². The van der Waals surface area contributed by atoms with Crippen molar-refractivity contribution < 1.29 is 67.6 Å². The molecule has 12 rings (SSSR count). The lowest BCUT2D eigenvalue weighted by molar-refractivity contribution is -0.248. The number of pyridine rings is 1. The summed E-state index contributed by atoms with van der Waals surface area (Å²) in [5, 5.41) is 38.6. The molecule has 26 heteroatoms. The third kappa shape index (κ3) is 17.4. The van der Waals surface area contributed by atoms with Gasteiger partial charge in [-0.05, 0) is 158 Å². The molecule has 0 radical (unpaired) electrons. The van der Waals surface area contributed by atoms with Gasteiger partial charge >= 0.3 is 24.1 Å². The minimum absolute atomic E-state index is 0.0597. The number of nitrogens with one attached hydrogen (secondary N) is 4. The second-order valence-electron chi connectivity index (χ2n) is 29.0. The molecule has 4 heterocycles. The molecule has 5 aliphatic rings. The van der Waals surface area contributed by atoms with Crippen LogP contribution in [0.3, 0.4) is 0 Å². The lowest BCUT2D eigenvalue weighted by Gasteiger charge is -2.69. The van der Waals surface area contributed by atoms with Crippen LogP contribution in [0.5, 0.6) is 0 Å². The SMILES string of the molecule is Cc1c(-c2ccc(-c3ccc4cccc(C(=O)Nc5nc6ccccc6s5)c4c3)nc2C(=O)O)cnn1CC12CC3(C)CC(C)(C1)CC(OCCN(CCC(=O)O)C(=O)OCc1ccc(NC(=O)[C@H](CCCNC(N)=O)CC(=O)[C@@H](NC(=O)CCCCCN4C(=O)C=CC4=O)C(C)C)cc1)(C3)C2. The molecule has 102 heavy (non-hydrogen) atoms. The monoisotopic (exact) mass is 1410 g/mol. The van der Waals surface area contributed by atoms with E-state index in [1.165, 1.54) is 28.4 Å². The molecule has 3 aromatic heterocycles. The Labute approximate surface area is 594 Å². The number of thiazole rings is 1. The largest absolute Gasteiger partial charge is 0.481 e. The average molecular weight is 1410 g/mol. The number of para-hydroxylation sites is 1. The Hall–Kier alpha value is -10.2. The number of hydrogen-bond acceptors (Lipinski definition) is 16. The molecule has 4 aliphatic carbocycles. The number of carbonyl (C=O) groups excluding carboxylic acids is 8. The van der Waals surface area contributed by atoms with Crippen molar-refractivity contribution in [2.45, 2.75) is 149 Å². The zero-order valence-corrected chi connectivity index (χ0v) is 58.8. The zero-order valence-electron chi connectivity index (χ0n) is 58.0. The summed E-state index contributed by atoms with van der Waals surface area (Å²) in [6.45, 7) is 11.0. The van der Waals surface area contributed by atoms with Gasteiger partial charge in [0, 0.05) is 97.3 Å². The minimum atomic E-state index is -1.20. The first kappa shape index (κ1) is 73.0. The maximum absolute atomic E-state index is 13.9. The number of carbonyl (C=O) groups is 10. The highest BCUT2D eigenvalue weighted by atomic mass is 32.1. The van der Waals surface area contributed by atoms with Gasteiger partial charge in [-0.25, -0.2) is 24.4 Å². The van der Waals surface area contributed by atoms with Crippen LogP contribution < -0.4 is 27.0 Å². The fraction of sp³-hybridized carbons (Fsp3) is 0.434. The standard InChI is InChI=1S/C76H87N11O14S/c1-46(2)65(83-61(89)18-7-6-10-31-86-62(90)27-28-63(86)91)59(88)36-51(14-12-30-78-70(77)98)67(94)80-52-23-19-48(20-24-52)38-100-72(99)85(32-29-64(92)93)33-34-101-76-42-73(4)39-74(5,43-76)41-75(40-73,44-76)45-87-47(3)56(37-79-87)53-25-26-57(81-66(53)69(96)97)50-22-21-49-13-11-15-54(55(49)35-50)68(95)84-71-82-58-16-8-9-17-60(58)102-71/h8-9,11,13,15-17,19-28,35,37,46,51,65H,6-7,10,12,14,18,29-34,36,38-45H2,1-5H3,(H,80,94)(H,83,89)(H,92,93)(H,96,97)(H3,77,78,98)(H,82,84,95)/t51-,65+,73?,74?,75?,76?/m1/s1. The molecule has 8 amide bonds. The predicted molar refractivity (Wildman–Crippen MR) is 383 cm³/mol. The van der Waals surface area contributed by atoms with Crippen molar-refractivity contribution in [2.24, 2.45) is 33.8 Å². The number of imide groups is 1. The van der Waals surface area contributed by atoms with E-state index in [0.29, 0.717) is 88.4 Å². The number of benzene rings is 4. The molecule has 4 atom stereocenters. The fourth-order valence-corrected chi connectivity index (χ4v) is 17.5. The summed E-state index contributed by atoms with van der Waals surface area (Å²) in [6, 6.07) is 27.2. The number of rotatable bonds is 33. The molecule has 536 valence electrons. The van der Waals surface area contributed by atoms with Gasteiger partial charge in [-0.3, -0.25) is 48.5 Å². The number of hydrogen-bond donors (Lipinski definition) is 7. The van der Waals surface area contributed by atoms with Gasteiger partial charge in [-0.1, -0.05) is 94.0 Å². The smallest absolute Gasteiger partial charge is 0.410 e. The Morgan fingerprint density at radius 2 is 1.52 bits per heavy atom. The van der Waals surface area contributed by atoms with Crippen LogP contribution >= 0.6 is 11.3 Å². The van der Waals surface area contributed by atoms with Gasteiger partial charge in [0.25, 0.3) is 17.7 Å². The first-order chi connectivity index (χ1) is 48.7. The molecule has 4 bridgehead atoms. The van der Waals surface area contributed by atoms with Crippen LogP contribution in [0.15, 0.2) is 115 Å². The minimum Gasteiger partial charge on any atom is -0.481 e. The molecule has 4 aromatic carbocycles. The quantitative estimate of drug-likeness (QED) is 0.0148. The Balaban J connectivity index is 0.700. The van der Waals surface area contributed by atoms with Crippen molar-refractivity contribution in [2.75, 3.05) is 43.4 Å². The van der Waals surface area contributed by atoms with Gasteiger partial charge in [0.2, 0.25) is 11.8 Å². The van der Waals surface area contributed by atoms with Gasteiger partial charge in [-0.15, -0.1) is 0 Å². The third-order valence-electron chi connectivity index (χ3n) is 20.1. The van der Waals surface area contributed by atoms with Crippen LogP contribution in [0, 0.1) is 35.0 Å². The number of urea groups is 1. The summed E-state index contributed by atoms with van der Waals surface area (Å²) < 4.78 is 15.7. The number of primary amides is 1. The average Bonchev–Trinajstić information content (AvgIpc) is 0.790. The number of nitrogens with zero attached hydrogens (tertiary/aromatic N) is 6. The maximum Gasteiger partial charge on any atom is 0.410 e. The van der Waals surface area contributed by atoms with E-state index in [9.17, 15) is 58.2 Å². The Kier molecular flexibility index (Phi) is 22.2. The topological polar surface area (TPSA) is 354 Å². The number of anilines is 2. The van der Waals surface area contributed by atoms with Gasteiger partial charge in [0.05, 0.1) is 46.8 Å². The van der Waals surface area contributed by atoms with E-state index in [1.807, 2.05) is 66.2 Å². The molecule has 7 aromatic rings. The van der Waals surface area contributed by atoms with Gasteiger partial charge in [0.1, 0.15) is 6.61 Å². The van der Waals surface area contributed by atoms with Crippen molar-refractivity contribution in [3.63, 3.8) is 0 Å². The molecule has 8 N–H and O–H groups in total. The van der Waals surface area contributed by atoms with Crippen molar-refractivity contribution in [1.29, 1.82) is 0 Å². The van der Waals surface area contributed by atoms with E-state index in [1.54, 1.807) is 62.5 Å². The predicted octanol–water partition coefficient (Wildman–Crippen LogP) is 11.5. The molecular weight excluding hydrogens is 1320 g/mol. The number of fused-ring (bicyclic) bond motifs is 2. The first-order valence-corrected chi connectivity index (χ1v) is 35.5. The number of aromatic carboxylic acids is 1. The second-order valence-corrected chi connectivity index (χ2v) is 30.1. The summed E-state index contributed by atoms with van der Waals surface area (Å²) in [5.74, 6) is -5.68. The molecule has 2 unspecified atom stereocenters. The summed E-state index contributed by atoms with van der Waals surface area (Å²) in [7, 11) is 0. The van der Waals surface area contributed by atoms with Crippen LogP contribution in [-0.4, -0.2) is 144 Å². The fourth-order valence-electron chi connectivity index (χ4n) is 16.6. The highest BCUT2D eigenvalue weighted by molar-refractivity contribution is 7.22. The summed E-state index contributed by atoms with van der Waals surface area (Å²) in [5.41, 5.74) is 9.23. The number of ketones is 1. The van der Waals surface area contributed by atoms with Crippen LogP contribution in [0.25, 0.3) is 43.4 Å². The first-order valence-electron chi connectivity index (χ1n) is 34.7. The normalized spacial score (nSPS) is 20.2. The van der Waals surface area contributed by atoms with E-state index in [0.717, 1.165) is 58.3 Å². The van der Waals surface area contributed by atoms with Gasteiger partial charge < -0.3 is 46.3 Å². The van der Waals surface area contributed by atoms with Crippen molar-refractivity contribution in [1.82, 2.24) is 40.2 Å². The summed E-state index contributed by atoms with van der Waals surface area (Å²) in [6.07, 6.45) is 10.3. The number of carboxylic acid groups (broad SMARTS) is 2. The number of carboxylic acids is 2. The van der Waals surface area contributed by atoms with Crippen molar-refractivity contribution in [3.8, 4) is 22.4 Å². The number of unbranched alkanes of at least 4 members (excludes halogenated alkanes) is 2. The molecular formula is C76H87N11O14S. The molecule has 0 spiro atoms. The Morgan fingerprint density at radius 1 is 0.775 bits per heavy atom. The number of aliphatic carboxylic acids is 1. The van der Waals surface area contributed by atoms with Crippen molar-refractivity contribution >= 4 is 103 Å². The number of nitrogens with two attached hydrogens (primary N) is 1. The lowest BCUT2D eigenvalue weighted by atomic mass is 9.39. The zero-order chi connectivity index (χ0) is 72.7. The van der Waals surface area contributed by atoms with Crippen LogP contribution in [0.1, 0.15) is 150 Å². The van der Waals surface area contributed by atoms with Crippen molar-refractivity contribution in [3.05, 3.63) is 138 Å². The Bertz CT molecular complexity index is 4360. The van der Waals surface area contributed by atoms with Gasteiger partial charge in [-0.2, -0.15) is 5.10 Å². The Morgan fingerprint density at radius 3 is 2.23 bits per heavy atom. The molecule has 4 fully saturated rings. The number of aromatic nitrogens is 4. The third-order valence-corrected chi connectivity index (χ3v) is 21.1. The molecule has 0 saturated heterocycles. The van der Waals surface area contributed by atoms with E-state index < -0.39 is 47.5 Å². The summed E-state index contributed by atoms with van der Waals surface area (Å²) in [4.78, 5) is 141. The molecule has 4 saturated carbocycles. The number of amides is 8. The highest BCUT2D eigenvalue weighted by Gasteiger charge is 2.66. The highest BCUT2D eigenvalue weighted by Crippen LogP contribution is 2.72. The number of Topliss-reactive ketones (excluding diaryl/α,β-unsaturated/α-hetero) is 1. The van der Waals surface area contributed by atoms with E-state index in [2.05, 4.69) is 40.1 Å². The van der Waals surface area contributed by atoms with Gasteiger partial charge in [0.15, 0.2) is 16.6 Å². The van der Waals surface area contributed by atoms with E-state index >= 15 is 0 Å². The number of ether oxygens (including phenoxy) is 2. The maximum atomic E-state index is 13.9. The summed E-state index contributed by atoms with van der Waals surface area (Å²) >= 11 is 1.39. The van der Waals surface area contributed by atoms with E-state index in [4.69, 9.17) is 25.3 Å². The molecule has 1 aliphatic heterocycles. The van der Waals surface area contributed by atoms with E-state index in [-0.39, 0.29) is 122 Å². The molecule has 25 nitrogen and oxygen atoms in total.